The van der Waals surface area contributed by atoms with Gasteiger partial charge in [0.25, 0.3) is 5.91 Å². The van der Waals surface area contributed by atoms with Crippen molar-refractivity contribution in [2.75, 3.05) is 59.7 Å². The van der Waals surface area contributed by atoms with Crippen molar-refractivity contribution < 1.29 is 28.5 Å². The van der Waals surface area contributed by atoms with Gasteiger partial charge in [0.1, 0.15) is 5.82 Å². The van der Waals surface area contributed by atoms with Crippen LogP contribution in [0.25, 0.3) is 0 Å². The molecule has 2 rings (SSSR count). The maximum absolute atomic E-state index is 13.5. The number of nitrogens with zero attached hydrogens (tertiary/aromatic N) is 2. The zero-order valence-electron chi connectivity index (χ0n) is 18.5. The molecular weight excluding hydrogens is 391 g/mol. The van der Waals surface area contributed by atoms with E-state index in [1.165, 1.54) is 18.2 Å². The van der Waals surface area contributed by atoms with Gasteiger partial charge >= 0.3 is 0 Å². The highest BCUT2D eigenvalue weighted by molar-refractivity contribution is 5.94. The van der Waals surface area contributed by atoms with E-state index in [9.17, 15) is 14.3 Å². The standard InChI is InChI=1S/C22H35FN2O5/c1-22(2,3)30-16-19(26)13-24-8-11-29-20(14-24)15-25(9-10-28-4)21(27)17-6-5-7-18(23)12-17/h5-7,12,19-20,26H,8-11,13-16H2,1-4H3/t19-,20+/m0/s1. The SMILES string of the molecule is COCCN(C[C@H]1CN(C[C@H](O)COC(C)(C)C)CCO1)C(=O)c1cccc(F)c1. The first kappa shape index (κ1) is 24.7. The first-order chi connectivity index (χ1) is 14.2. The molecule has 0 spiro atoms. The van der Waals surface area contributed by atoms with Gasteiger partial charge in [-0.2, -0.15) is 0 Å². The molecule has 1 aromatic carbocycles. The van der Waals surface area contributed by atoms with E-state index in [-0.39, 0.29) is 24.2 Å². The Bertz CT molecular complexity index is 667. The molecule has 0 bridgehead atoms. The third kappa shape index (κ3) is 8.65. The summed E-state index contributed by atoms with van der Waals surface area (Å²) in [5.74, 6) is -0.704. The number of benzene rings is 1. The van der Waals surface area contributed by atoms with Crippen molar-refractivity contribution in [3.8, 4) is 0 Å². The maximum Gasteiger partial charge on any atom is 0.254 e. The summed E-state index contributed by atoms with van der Waals surface area (Å²) < 4.78 is 30.2. The number of aliphatic hydroxyl groups is 1. The van der Waals surface area contributed by atoms with Crippen molar-refractivity contribution in [1.82, 2.24) is 9.80 Å². The van der Waals surface area contributed by atoms with E-state index >= 15 is 0 Å². The number of halogens is 1. The second-order valence-corrected chi connectivity index (χ2v) is 8.58. The summed E-state index contributed by atoms with van der Waals surface area (Å²) >= 11 is 0. The van der Waals surface area contributed by atoms with Crippen LogP contribution in [0.5, 0.6) is 0 Å². The molecule has 1 heterocycles. The van der Waals surface area contributed by atoms with Crippen molar-refractivity contribution in [2.45, 2.75) is 38.6 Å². The Kier molecular flexibility index (Phi) is 9.64. The van der Waals surface area contributed by atoms with Crippen LogP contribution in [0.15, 0.2) is 24.3 Å². The Balaban J connectivity index is 1.94. The molecule has 7 nitrogen and oxygen atoms in total. The quantitative estimate of drug-likeness (QED) is 0.615. The van der Waals surface area contributed by atoms with Crippen molar-refractivity contribution in [2.24, 2.45) is 0 Å². The summed E-state index contributed by atoms with van der Waals surface area (Å²) in [6.07, 6.45) is -0.801. The highest BCUT2D eigenvalue weighted by atomic mass is 19.1. The highest BCUT2D eigenvalue weighted by Crippen LogP contribution is 2.13. The van der Waals surface area contributed by atoms with E-state index in [2.05, 4.69) is 4.90 Å². The molecule has 1 aliphatic rings. The molecule has 1 amide bonds. The molecule has 1 aliphatic heterocycles. The Morgan fingerprint density at radius 2 is 2.20 bits per heavy atom. The molecule has 1 aromatic rings. The Morgan fingerprint density at radius 3 is 2.87 bits per heavy atom. The second-order valence-electron chi connectivity index (χ2n) is 8.58. The topological polar surface area (TPSA) is 71.5 Å². The lowest BCUT2D eigenvalue weighted by Crippen LogP contribution is -2.51. The Labute approximate surface area is 178 Å². The molecule has 0 unspecified atom stereocenters. The molecule has 0 radical (unpaired) electrons. The summed E-state index contributed by atoms with van der Waals surface area (Å²) in [7, 11) is 1.57. The van der Waals surface area contributed by atoms with Crippen LogP contribution in [-0.4, -0.2) is 98.3 Å². The van der Waals surface area contributed by atoms with Gasteiger partial charge in [0.15, 0.2) is 0 Å². The number of amides is 1. The van der Waals surface area contributed by atoms with Crippen LogP contribution in [0.3, 0.4) is 0 Å². The number of rotatable bonds is 10. The Morgan fingerprint density at radius 1 is 1.43 bits per heavy atom. The van der Waals surface area contributed by atoms with Crippen LogP contribution in [0.1, 0.15) is 31.1 Å². The smallest absolute Gasteiger partial charge is 0.254 e. The minimum absolute atomic E-state index is 0.205. The summed E-state index contributed by atoms with van der Waals surface area (Å²) in [5.41, 5.74) is 0.00159. The fourth-order valence-electron chi connectivity index (χ4n) is 3.28. The summed E-state index contributed by atoms with van der Waals surface area (Å²) in [6.45, 7) is 9.54. The van der Waals surface area contributed by atoms with Crippen LogP contribution >= 0.6 is 0 Å². The number of hydrogen-bond donors (Lipinski definition) is 1. The molecule has 1 saturated heterocycles. The van der Waals surface area contributed by atoms with Crippen molar-refractivity contribution in [3.05, 3.63) is 35.6 Å². The van der Waals surface area contributed by atoms with Crippen molar-refractivity contribution in [1.29, 1.82) is 0 Å². The van der Waals surface area contributed by atoms with Crippen LogP contribution in [0.2, 0.25) is 0 Å². The molecule has 0 aliphatic carbocycles. The zero-order valence-corrected chi connectivity index (χ0v) is 18.5. The number of aliphatic hydroxyl groups excluding tert-OH is 1. The van der Waals surface area contributed by atoms with Gasteiger partial charge in [0.2, 0.25) is 0 Å². The van der Waals surface area contributed by atoms with E-state index in [1.807, 2.05) is 20.8 Å². The number of hydrogen-bond acceptors (Lipinski definition) is 6. The molecule has 2 atom stereocenters. The first-order valence-corrected chi connectivity index (χ1v) is 10.4. The van der Waals surface area contributed by atoms with Crippen LogP contribution in [0, 0.1) is 5.82 Å². The molecule has 30 heavy (non-hydrogen) atoms. The molecule has 0 saturated carbocycles. The summed E-state index contributed by atoms with van der Waals surface area (Å²) in [5, 5.41) is 10.3. The predicted molar refractivity (Wildman–Crippen MR) is 112 cm³/mol. The molecule has 1 N–H and O–H groups in total. The zero-order chi connectivity index (χ0) is 22.1. The van der Waals surface area contributed by atoms with E-state index < -0.39 is 11.9 Å². The van der Waals surface area contributed by atoms with E-state index in [1.54, 1.807) is 18.1 Å². The van der Waals surface area contributed by atoms with E-state index in [4.69, 9.17) is 14.2 Å². The fourth-order valence-corrected chi connectivity index (χ4v) is 3.28. The number of morpholine rings is 1. The molecule has 1 fully saturated rings. The van der Waals surface area contributed by atoms with Gasteiger partial charge in [-0.05, 0) is 39.0 Å². The lowest BCUT2D eigenvalue weighted by molar-refractivity contribution is -0.0784. The minimum atomic E-state index is -0.596. The Hall–Kier alpha value is -1.58. The van der Waals surface area contributed by atoms with Crippen LogP contribution in [-0.2, 0) is 14.2 Å². The average molecular weight is 427 g/mol. The molecular formula is C22H35FN2O5. The third-order valence-corrected chi connectivity index (χ3v) is 4.75. The summed E-state index contributed by atoms with van der Waals surface area (Å²) in [6, 6.07) is 5.68. The van der Waals surface area contributed by atoms with Gasteiger partial charge in [-0.3, -0.25) is 9.69 Å². The minimum Gasteiger partial charge on any atom is -0.389 e. The maximum atomic E-state index is 13.5. The van der Waals surface area contributed by atoms with Gasteiger partial charge in [-0.15, -0.1) is 0 Å². The van der Waals surface area contributed by atoms with Crippen LogP contribution in [0.4, 0.5) is 4.39 Å². The van der Waals surface area contributed by atoms with Crippen molar-refractivity contribution >= 4 is 5.91 Å². The van der Waals surface area contributed by atoms with Gasteiger partial charge in [-0.25, -0.2) is 4.39 Å². The predicted octanol–water partition coefficient (Wildman–Crippen LogP) is 1.79. The molecule has 8 heteroatoms. The number of methoxy groups -OCH3 is 1. The van der Waals surface area contributed by atoms with E-state index in [0.717, 1.165) is 0 Å². The number of β-amino-alcohol motifs (C(OH)–C–C–N with tert-alkyl or cyclic N) is 1. The highest BCUT2D eigenvalue weighted by Gasteiger charge is 2.27. The van der Waals surface area contributed by atoms with Gasteiger partial charge in [0.05, 0.1) is 37.6 Å². The van der Waals surface area contributed by atoms with Gasteiger partial charge in [-0.1, -0.05) is 6.07 Å². The third-order valence-electron chi connectivity index (χ3n) is 4.75. The van der Waals surface area contributed by atoms with Crippen molar-refractivity contribution in [3.63, 3.8) is 0 Å². The number of carbonyl (C=O) groups is 1. The fraction of sp³-hybridized carbons (Fsp3) is 0.682. The van der Waals surface area contributed by atoms with Crippen LogP contribution < -0.4 is 0 Å². The normalized spacial score (nSPS) is 18.9. The number of carbonyl (C=O) groups excluding carboxylic acids is 1. The largest absolute Gasteiger partial charge is 0.389 e. The lowest BCUT2D eigenvalue weighted by atomic mass is 10.1. The summed E-state index contributed by atoms with van der Waals surface area (Å²) in [4.78, 5) is 16.6. The van der Waals surface area contributed by atoms with Gasteiger partial charge in [0, 0.05) is 45.4 Å². The van der Waals surface area contributed by atoms with E-state index in [0.29, 0.717) is 51.5 Å². The second kappa shape index (κ2) is 11.7. The first-order valence-electron chi connectivity index (χ1n) is 10.4. The molecule has 170 valence electrons. The van der Waals surface area contributed by atoms with Gasteiger partial charge < -0.3 is 24.2 Å². The number of ether oxygens (including phenoxy) is 3. The lowest BCUT2D eigenvalue weighted by Gasteiger charge is -2.36. The average Bonchev–Trinajstić information content (AvgIpc) is 2.69. The monoisotopic (exact) mass is 426 g/mol. The molecule has 0 aromatic heterocycles.